The van der Waals surface area contributed by atoms with Gasteiger partial charge < -0.3 is 15.0 Å². The Morgan fingerprint density at radius 3 is 2.79 bits per heavy atom. The molecule has 1 aliphatic rings. The van der Waals surface area contributed by atoms with Crippen molar-refractivity contribution in [2.75, 3.05) is 13.2 Å². The number of fused-ring (bicyclic) bond motifs is 1. The highest BCUT2D eigenvalue weighted by Gasteiger charge is 2.21. The second-order valence-corrected chi connectivity index (χ2v) is 5.15. The highest BCUT2D eigenvalue weighted by atomic mass is 16.5. The number of nitrogens with zero attached hydrogens (tertiary/aromatic N) is 1. The van der Waals surface area contributed by atoms with E-state index in [1.165, 1.54) is 5.56 Å². The zero-order valence-electron chi connectivity index (χ0n) is 11.1. The molecule has 0 saturated carbocycles. The van der Waals surface area contributed by atoms with E-state index in [0.717, 1.165) is 37.0 Å². The van der Waals surface area contributed by atoms with Crippen LogP contribution in [-0.4, -0.2) is 23.7 Å². The largest absolute Gasteiger partial charge is 0.381 e. The number of aryl methyl sites for hydroxylation is 1. The maximum Gasteiger partial charge on any atom is 0.250 e. The third-order valence-corrected chi connectivity index (χ3v) is 3.96. The van der Waals surface area contributed by atoms with Crippen molar-refractivity contribution in [1.82, 2.24) is 4.57 Å². The fourth-order valence-corrected chi connectivity index (χ4v) is 3.03. The summed E-state index contributed by atoms with van der Waals surface area (Å²) < 4.78 is 7.44. The van der Waals surface area contributed by atoms with Crippen LogP contribution in [0.1, 0.15) is 34.7 Å². The number of ether oxygens (including phenoxy) is 1. The van der Waals surface area contributed by atoms with Gasteiger partial charge in [0.2, 0.25) is 0 Å². The van der Waals surface area contributed by atoms with Crippen molar-refractivity contribution in [2.45, 2.75) is 18.8 Å². The van der Waals surface area contributed by atoms with Crippen LogP contribution in [0.25, 0.3) is 10.9 Å². The molecule has 1 aromatic carbocycles. The molecule has 4 heteroatoms. The number of rotatable bonds is 2. The van der Waals surface area contributed by atoms with Crippen molar-refractivity contribution < 1.29 is 9.53 Å². The molecule has 100 valence electrons. The van der Waals surface area contributed by atoms with Gasteiger partial charge in [-0.1, -0.05) is 18.2 Å². The number of primary amides is 1. The zero-order chi connectivity index (χ0) is 13.4. The summed E-state index contributed by atoms with van der Waals surface area (Å²) in [5.41, 5.74) is 8.48. The summed E-state index contributed by atoms with van der Waals surface area (Å²) in [6.07, 6.45) is 3.90. The second kappa shape index (κ2) is 4.70. The van der Waals surface area contributed by atoms with Gasteiger partial charge in [0.1, 0.15) is 0 Å². The van der Waals surface area contributed by atoms with Crippen molar-refractivity contribution >= 4 is 16.8 Å². The molecule has 1 aromatic heterocycles. The first-order valence-corrected chi connectivity index (χ1v) is 6.64. The molecule has 1 amide bonds. The van der Waals surface area contributed by atoms with Crippen LogP contribution < -0.4 is 5.73 Å². The van der Waals surface area contributed by atoms with Crippen molar-refractivity contribution in [3.8, 4) is 0 Å². The Balaban J connectivity index is 2.17. The molecule has 19 heavy (non-hydrogen) atoms. The van der Waals surface area contributed by atoms with E-state index in [1.54, 1.807) is 0 Å². The van der Waals surface area contributed by atoms with Gasteiger partial charge in [-0.05, 0) is 24.3 Å². The Morgan fingerprint density at radius 1 is 1.37 bits per heavy atom. The minimum Gasteiger partial charge on any atom is -0.381 e. The Bertz CT molecular complexity index is 624. The lowest BCUT2D eigenvalue weighted by atomic mass is 9.90. The maximum atomic E-state index is 11.5. The van der Waals surface area contributed by atoms with Crippen molar-refractivity contribution in [3.05, 3.63) is 35.5 Å². The minimum atomic E-state index is -0.366. The van der Waals surface area contributed by atoms with Gasteiger partial charge in [-0.3, -0.25) is 4.79 Å². The lowest BCUT2D eigenvalue weighted by Crippen LogP contribution is -2.14. The number of amides is 1. The van der Waals surface area contributed by atoms with Crippen LogP contribution in [0.2, 0.25) is 0 Å². The lowest BCUT2D eigenvalue weighted by Gasteiger charge is -2.23. The number of aromatic nitrogens is 1. The first kappa shape index (κ1) is 12.2. The third kappa shape index (κ3) is 2.02. The molecule has 2 N–H and O–H groups in total. The smallest absolute Gasteiger partial charge is 0.250 e. The first-order chi connectivity index (χ1) is 9.18. The number of carbonyl (C=O) groups excluding carboxylic acids is 1. The molecule has 0 unspecified atom stereocenters. The molecule has 0 aliphatic carbocycles. The summed E-state index contributed by atoms with van der Waals surface area (Å²) in [6, 6.07) is 6.14. The normalized spacial score (nSPS) is 16.9. The number of carbonyl (C=O) groups is 1. The molecule has 4 nitrogen and oxygen atoms in total. The minimum absolute atomic E-state index is 0.366. The molecule has 2 heterocycles. The highest BCUT2D eigenvalue weighted by molar-refractivity contribution is 6.07. The van der Waals surface area contributed by atoms with Gasteiger partial charge in [0.05, 0.1) is 11.1 Å². The Kier molecular flexibility index (Phi) is 3.03. The van der Waals surface area contributed by atoms with Crippen LogP contribution in [0.3, 0.4) is 0 Å². The molecule has 0 atom stereocenters. The second-order valence-electron chi connectivity index (χ2n) is 5.15. The average Bonchev–Trinajstić information content (AvgIpc) is 2.78. The van der Waals surface area contributed by atoms with Gasteiger partial charge in [-0.25, -0.2) is 0 Å². The molecule has 1 aliphatic heterocycles. The molecule has 2 aromatic rings. The SMILES string of the molecule is Cn1cc(C(N)=O)c2cccc(C3CCOCC3)c21. The van der Waals surface area contributed by atoms with Crippen molar-refractivity contribution in [1.29, 1.82) is 0 Å². The number of hydrogen-bond acceptors (Lipinski definition) is 2. The van der Waals surface area contributed by atoms with Crippen LogP contribution >= 0.6 is 0 Å². The first-order valence-electron chi connectivity index (χ1n) is 6.64. The predicted octanol–water partition coefficient (Wildman–Crippen LogP) is 2.17. The summed E-state index contributed by atoms with van der Waals surface area (Å²) in [4.78, 5) is 11.5. The molecular weight excluding hydrogens is 240 g/mol. The van der Waals surface area contributed by atoms with E-state index >= 15 is 0 Å². The molecule has 3 rings (SSSR count). The fourth-order valence-electron chi connectivity index (χ4n) is 3.03. The molecule has 0 radical (unpaired) electrons. The number of para-hydroxylation sites is 1. The Labute approximate surface area is 112 Å². The van der Waals surface area contributed by atoms with E-state index in [4.69, 9.17) is 10.5 Å². The average molecular weight is 258 g/mol. The predicted molar refractivity (Wildman–Crippen MR) is 74.2 cm³/mol. The lowest BCUT2D eigenvalue weighted by molar-refractivity contribution is 0.0855. The molecular formula is C15H18N2O2. The molecule has 0 spiro atoms. The number of benzene rings is 1. The van der Waals surface area contributed by atoms with Crippen LogP contribution in [0.5, 0.6) is 0 Å². The Hall–Kier alpha value is -1.81. The summed E-state index contributed by atoms with van der Waals surface area (Å²) in [5.74, 6) is 0.140. The number of hydrogen-bond donors (Lipinski definition) is 1. The van der Waals surface area contributed by atoms with Crippen molar-refractivity contribution in [3.63, 3.8) is 0 Å². The van der Waals surface area contributed by atoms with Gasteiger partial charge >= 0.3 is 0 Å². The molecule has 1 saturated heterocycles. The standard InChI is InChI=1S/C15H18N2O2/c1-17-9-13(15(16)18)12-4-2-3-11(14(12)17)10-5-7-19-8-6-10/h2-4,9-10H,5-8H2,1H3,(H2,16,18). The van der Waals surface area contributed by atoms with E-state index < -0.39 is 0 Å². The maximum absolute atomic E-state index is 11.5. The summed E-state index contributed by atoms with van der Waals surface area (Å²) >= 11 is 0. The van der Waals surface area contributed by atoms with E-state index in [0.29, 0.717) is 11.5 Å². The third-order valence-electron chi connectivity index (χ3n) is 3.96. The van der Waals surface area contributed by atoms with Gasteiger partial charge in [0.15, 0.2) is 0 Å². The summed E-state index contributed by atoms with van der Waals surface area (Å²) in [7, 11) is 1.97. The van der Waals surface area contributed by atoms with Crippen LogP contribution in [-0.2, 0) is 11.8 Å². The van der Waals surface area contributed by atoms with Crippen LogP contribution in [0.4, 0.5) is 0 Å². The van der Waals surface area contributed by atoms with E-state index in [1.807, 2.05) is 29.9 Å². The van der Waals surface area contributed by atoms with Crippen LogP contribution in [0.15, 0.2) is 24.4 Å². The van der Waals surface area contributed by atoms with Gasteiger partial charge in [0.25, 0.3) is 5.91 Å². The fraction of sp³-hybridized carbons (Fsp3) is 0.400. The summed E-state index contributed by atoms with van der Waals surface area (Å²) in [5, 5.41) is 0.957. The summed E-state index contributed by atoms with van der Waals surface area (Å²) in [6.45, 7) is 1.63. The van der Waals surface area contributed by atoms with Gasteiger partial charge in [-0.2, -0.15) is 0 Å². The van der Waals surface area contributed by atoms with E-state index in [2.05, 4.69) is 6.07 Å². The topological polar surface area (TPSA) is 57.2 Å². The van der Waals surface area contributed by atoms with E-state index in [9.17, 15) is 4.79 Å². The molecule has 1 fully saturated rings. The van der Waals surface area contributed by atoms with Crippen LogP contribution in [0, 0.1) is 0 Å². The van der Waals surface area contributed by atoms with Gasteiger partial charge in [0, 0.05) is 31.8 Å². The van der Waals surface area contributed by atoms with Crippen molar-refractivity contribution in [2.24, 2.45) is 12.8 Å². The number of nitrogens with two attached hydrogens (primary N) is 1. The highest BCUT2D eigenvalue weighted by Crippen LogP contribution is 2.33. The molecule has 0 bridgehead atoms. The monoisotopic (exact) mass is 258 g/mol. The zero-order valence-corrected chi connectivity index (χ0v) is 11.1. The Morgan fingerprint density at radius 2 is 2.11 bits per heavy atom. The quantitative estimate of drug-likeness (QED) is 0.897. The van der Waals surface area contributed by atoms with E-state index in [-0.39, 0.29) is 5.91 Å². The van der Waals surface area contributed by atoms with Gasteiger partial charge in [-0.15, -0.1) is 0 Å².